The number of rotatable bonds is 7. The largest absolute Gasteiger partial charge is 0.481 e. The molecule has 0 aromatic carbocycles. The molecule has 5 heteroatoms. The summed E-state index contributed by atoms with van der Waals surface area (Å²) in [5, 5.41) is 8.93. The SMILES string of the molecule is CCCC1CC(C)CC1C(=O)O.CCCC1CC(C)CC1C(=O)OC1CCCCO1. The second-order valence-corrected chi connectivity index (χ2v) is 10.0. The lowest BCUT2D eigenvalue weighted by atomic mass is 9.92. The molecule has 0 amide bonds. The third kappa shape index (κ3) is 7.55. The molecular formula is C25H44O5. The van der Waals surface area contributed by atoms with Gasteiger partial charge >= 0.3 is 11.9 Å². The minimum absolute atomic E-state index is 0.00954. The Balaban J connectivity index is 0.000000232. The maximum atomic E-state index is 12.2. The van der Waals surface area contributed by atoms with Gasteiger partial charge in [0.1, 0.15) is 0 Å². The van der Waals surface area contributed by atoms with E-state index in [2.05, 4.69) is 27.7 Å². The molecule has 5 nitrogen and oxygen atoms in total. The van der Waals surface area contributed by atoms with Gasteiger partial charge in [0.15, 0.2) is 0 Å². The van der Waals surface area contributed by atoms with Gasteiger partial charge in [0.2, 0.25) is 6.29 Å². The van der Waals surface area contributed by atoms with Crippen molar-refractivity contribution in [2.75, 3.05) is 6.61 Å². The van der Waals surface area contributed by atoms with Gasteiger partial charge in [0, 0.05) is 6.42 Å². The first-order valence-electron chi connectivity index (χ1n) is 12.4. The molecule has 0 spiro atoms. The standard InChI is InChI=1S/C15H26O3.C10H18O2/c1-3-6-12-9-11(2)10-13(12)15(16)18-14-7-4-5-8-17-14;1-3-4-8-5-7(2)6-9(8)10(11)12/h11-14H,3-10H2,1-2H3;7-9H,3-6H2,1-2H3,(H,11,12). The summed E-state index contributed by atoms with van der Waals surface area (Å²) < 4.78 is 11.0. The fourth-order valence-electron chi connectivity index (χ4n) is 5.80. The maximum Gasteiger partial charge on any atom is 0.311 e. The molecule has 2 saturated carbocycles. The normalized spacial score (nSPS) is 36.1. The molecule has 0 bridgehead atoms. The van der Waals surface area contributed by atoms with E-state index in [-0.39, 0.29) is 24.1 Å². The van der Waals surface area contributed by atoms with E-state index in [4.69, 9.17) is 14.6 Å². The third-order valence-electron chi connectivity index (χ3n) is 7.19. The molecule has 0 aromatic rings. The molecule has 30 heavy (non-hydrogen) atoms. The van der Waals surface area contributed by atoms with E-state index in [1.807, 2.05) is 0 Å². The Kier molecular flexibility index (Phi) is 10.6. The van der Waals surface area contributed by atoms with Crippen LogP contribution in [0.4, 0.5) is 0 Å². The van der Waals surface area contributed by atoms with Crippen LogP contribution in [0.5, 0.6) is 0 Å². The minimum Gasteiger partial charge on any atom is -0.481 e. The lowest BCUT2D eigenvalue weighted by Gasteiger charge is -2.25. The summed E-state index contributed by atoms with van der Waals surface area (Å²) in [5.41, 5.74) is 0. The molecule has 0 aromatic heterocycles. The van der Waals surface area contributed by atoms with Crippen molar-refractivity contribution in [2.45, 2.75) is 105 Å². The molecule has 3 fully saturated rings. The molecule has 7 unspecified atom stereocenters. The summed E-state index contributed by atoms with van der Waals surface area (Å²) in [4.78, 5) is 23.1. The number of esters is 1. The number of ether oxygens (including phenoxy) is 2. The predicted molar refractivity (Wildman–Crippen MR) is 118 cm³/mol. The molecule has 1 N–H and O–H groups in total. The molecule has 3 rings (SSSR count). The number of carbonyl (C=O) groups excluding carboxylic acids is 1. The average Bonchev–Trinajstić information content (AvgIpc) is 3.26. The zero-order valence-electron chi connectivity index (χ0n) is 19.6. The zero-order valence-corrected chi connectivity index (χ0v) is 19.6. The highest BCUT2D eigenvalue weighted by Gasteiger charge is 2.38. The van der Waals surface area contributed by atoms with Gasteiger partial charge in [-0.25, -0.2) is 0 Å². The smallest absolute Gasteiger partial charge is 0.311 e. The topological polar surface area (TPSA) is 72.8 Å². The van der Waals surface area contributed by atoms with E-state index in [1.165, 1.54) is 6.42 Å². The summed E-state index contributed by atoms with van der Waals surface area (Å²) in [7, 11) is 0. The fourth-order valence-corrected chi connectivity index (χ4v) is 5.80. The van der Waals surface area contributed by atoms with Crippen LogP contribution in [-0.2, 0) is 19.1 Å². The number of hydrogen-bond donors (Lipinski definition) is 1. The Bertz CT molecular complexity index is 528. The first-order valence-corrected chi connectivity index (χ1v) is 12.4. The lowest BCUT2D eigenvalue weighted by Crippen LogP contribution is -2.30. The highest BCUT2D eigenvalue weighted by Crippen LogP contribution is 2.40. The van der Waals surface area contributed by atoms with Crippen LogP contribution in [0.15, 0.2) is 0 Å². The van der Waals surface area contributed by atoms with Crippen molar-refractivity contribution in [3.05, 3.63) is 0 Å². The first-order chi connectivity index (χ1) is 14.3. The van der Waals surface area contributed by atoms with Crippen LogP contribution in [0, 0.1) is 35.5 Å². The lowest BCUT2D eigenvalue weighted by molar-refractivity contribution is -0.192. The van der Waals surface area contributed by atoms with Crippen molar-refractivity contribution in [1.82, 2.24) is 0 Å². The minimum atomic E-state index is -0.585. The fraction of sp³-hybridized carbons (Fsp3) is 0.920. The van der Waals surface area contributed by atoms with E-state index < -0.39 is 5.97 Å². The van der Waals surface area contributed by atoms with E-state index in [0.717, 1.165) is 70.8 Å². The summed E-state index contributed by atoms with van der Waals surface area (Å²) in [6.45, 7) is 9.45. The second kappa shape index (κ2) is 12.7. The quantitative estimate of drug-likeness (QED) is 0.503. The number of aliphatic carboxylic acids is 1. The van der Waals surface area contributed by atoms with Crippen molar-refractivity contribution < 1.29 is 24.2 Å². The monoisotopic (exact) mass is 424 g/mol. The zero-order chi connectivity index (χ0) is 22.1. The van der Waals surface area contributed by atoms with Gasteiger partial charge in [0.05, 0.1) is 18.4 Å². The molecule has 174 valence electrons. The molecule has 1 heterocycles. The Hall–Kier alpha value is -1.10. The van der Waals surface area contributed by atoms with Crippen molar-refractivity contribution >= 4 is 11.9 Å². The Morgan fingerprint density at radius 1 is 0.900 bits per heavy atom. The van der Waals surface area contributed by atoms with Gasteiger partial charge in [-0.15, -0.1) is 0 Å². The summed E-state index contributed by atoms with van der Waals surface area (Å²) in [6.07, 6.45) is 11.5. The molecular weight excluding hydrogens is 380 g/mol. The maximum absolute atomic E-state index is 12.2. The average molecular weight is 425 g/mol. The van der Waals surface area contributed by atoms with Crippen LogP contribution in [0.25, 0.3) is 0 Å². The molecule has 1 aliphatic heterocycles. The van der Waals surface area contributed by atoms with Crippen molar-refractivity contribution in [3.63, 3.8) is 0 Å². The molecule has 3 aliphatic rings. The van der Waals surface area contributed by atoms with Crippen molar-refractivity contribution in [3.8, 4) is 0 Å². The van der Waals surface area contributed by atoms with Crippen LogP contribution in [0.1, 0.15) is 98.3 Å². The number of carbonyl (C=O) groups is 2. The van der Waals surface area contributed by atoms with Gasteiger partial charge in [-0.2, -0.15) is 0 Å². The van der Waals surface area contributed by atoms with Crippen molar-refractivity contribution in [2.24, 2.45) is 35.5 Å². The third-order valence-corrected chi connectivity index (χ3v) is 7.19. The van der Waals surface area contributed by atoms with Gasteiger partial charge in [-0.3, -0.25) is 9.59 Å². The van der Waals surface area contributed by atoms with E-state index in [9.17, 15) is 9.59 Å². The highest BCUT2D eigenvalue weighted by molar-refractivity contribution is 5.73. The Labute approximate surface area is 183 Å². The van der Waals surface area contributed by atoms with Crippen LogP contribution in [-0.4, -0.2) is 29.9 Å². The van der Waals surface area contributed by atoms with Crippen LogP contribution < -0.4 is 0 Å². The summed E-state index contributed by atoms with van der Waals surface area (Å²) in [5.74, 6) is 1.71. The molecule has 7 atom stereocenters. The van der Waals surface area contributed by atoms with Crippen molar-refractivity contribution in [1.29, 1.82) is 0 Å². The Morgan fingerprint density at radius 3 is 1.97 bits per heavy atom. The summed E-state index contributed by atoms with van der Waals surface area (Å²) >= 11 is 0. The molecule has 2 aliphatic carbocycles. The van der Waals surface area contributed by atoms with Crippen LogP contribution in [0.3, 0.4) is 0 Å². The molecule has 1 saturated heterocycles. The number of carboxylic acid groups (broad SMARTS) is 1. The van der Waals surface area contributed by atoms with Gasteiger partial charge in [0.25, 0.3) is 0 Å². The summed E-state index contributed by atoms with van der Waals surface area (Å²) in [6, 6.07) is 0. The first kappa shape index (κ1) is 25.2. The van der Waals surface area contributed by atoms with Gasteiger partial charge in [-0.05, 0) is 75.0 Å². The van der Waals surface area contributed by atoms with Crippen LogP contribution in [0.2, 0.25) is 0 Å². The second-order valence-electron chi connectivity index (χ2n) is 10.0. The van der Waals surface area contributed by atoms with Gasteiger partial charge < -0.3 is 14.6 Å². The predicted octanol–water partition coefficient (Wildman–Crippen LogP) is 6.05. The van der Waals surface area contributed by atoms with E-state index >= 15 is 0 Å². The molecule has 0 radical (unpaired) electrons. The van der Waals surface area contributed by atoms with E-state index in [1.54, 1.807) is 0 Å². The Morgan fingerprint density at radius 2 is 1.47 bits per heavy atom. The van der Waals surface area contributed by atoms with E-state index in [0.29, 0.717) is 23.7 Å². The van der Waals surface area contributed by atoms with Gasteiger partial charge in [-0.1, -0.05) is 40.5 Å². The number of carboxylic acids is 1. The van der Waals surface area contributed by atoms with Crippen LogP contribution >= 0.6 is 0 Å². The number of hydrogen-bond acceptors (Lipinski definition) is 4. The highest BCUT2D eigenvalue weighted by atomic mass is 16.7.